The number of urea groups is 1. The molecule has 1 saturated heterocycles. The highest BCUT2D eigenvalue weighted by molar-refractivity contribution is 5.89. The third-order valence-electron chi connectivity index (χ3n) is 4.24. The summed E-state index contributed by atoms with van der Waals surface area (Å²) in [6.45, 7) is 2.49. The zero-order valence-corrected chi connectivity index (χ0v) is 14.4. The van der Waals surface area contributed by atoms with E-state index in [0.717, 1.165) is 31.6 Å². The van der Waals surface area contributed by atoms with Crippen molar-refractivity contribution < 1.29 is 14.3 Å². The highest BCUT2D eigenvalue weighted by Crippen LogP contribution is 2.22. The van der Waals surface area contributed by atoms with Crippen LogP contribution in [0.3, 0.4) is 0 Å². The quantitative estimate of drug-likeness (QED) is 0.784. The number of nitrogens with one attached hydrogen (secondary N) is 1. The molecule has 1 N–H and O–H groups in total. The van der Waals surface area contributed by atoms with Crippen molar-refractivity contribution in [3.8, 4) is 5.75 Å². The molecular formula is C18H24N4O3. The van der Waals surface area contributed by atoms with Gasteiger partial charge >= 0.3 is 6.03 Å². The van der Waals surface area contributed by atoms with Gasteiger partial charge in [0, 0.05) is 37.8 Å². The summed E-state index contributed by atoms with van der Waals surface area (Å²) in [5.74, 6) is 0.712. The van der Waals surface area contributed by atoms with Crippen molar-refractivity contribution in [2.24, 2.45) is 0 Å². The number of hydrogen-bond donors (Lipinski definition) is 1. The predicted molar refractivity (Wildman–Crippen MR) is 94.8 cm³/mol. The second-order valence-electron chi connectivity index (χ2n) is 6.02. The van der Waals surface area contributed by atoms with E-state index < -0.39 is 0 Å². The molecule has 1 aromatic carbocycles. The van der Waals surface area contributed by atoms with Gasteiger partial charge in [0.1, 0.15) is 12.4 Å². The van der Waals surface area contributed by atoms with Crippen LogP contribution < -0.4 is 10.1 Å². The first-order valence-electron chi connectivity index (χ1n) is 8.53. The molecule has 1 aliphatic rings. The van der Waals surface area contributed by atoms with Gasteiger partial charge in [-0.25, -0.2) is 4.79 Å². The lowest BCUT2D eigenvalue weighted by Gasteiger charge is -2.25. The number of amides is 2. The third-order valence-corrected chi connectivity index (χ3v) is 4.24. The maximum absolute atomic E-state index is 12.6. The Balaban J connectivity index is 1.58. The molecule has 0 spiro atoms. The predicted octanol–water partition coefficient (Wildman–Crippen LogP) is 2.60. The lowest BCUT2D eigenvalue weighted by Crippen LogP contribution is -2.40. The van der Waals surface area contributed by atoms with Gasteiger partial charge in [-0.3, -0.25) is 4.68 Å². The average molecular weight is 344 g/mol. The van der Waals surface area contributed by atoms with E-state index in [1.54, 1.807) is 13.3 Å². The van der Waals surface area contributed by atoms with Gasteiger partial charge in [0.2, 0.25) is 0 Å². The minimum absolute atomic E-state index is 0.0799. The molecule has 0 saturated carbocycles. The molecule has 1 atom stereocenters. The number of ether oxygens (including phenoxy) is 2. The van der Waals surface area contributed by atoms with E-state index in [1.165, 1.54) is 0 Å². The van der Waals surface area contributed by atoms with Crippen LogP contribution in [0.2, 0.25) is 0 Å². The molecular weight excluding hydrogens is 320 g/mol. The zero-order valence-electron chi connectivity index (χ0n) is 14.4. The molecule has 1 aliphatic heterocycles. The van der Waals surface area contributed by atoms with E-state index in [0.29, 0.717) is 19.0 Å². The number of nitrogens with zero attached hydrogens (tertiary/aromatic N) is 3. The second kappa shape index (κ2) is 8.53. The van der Waals surface area contributed by atoms with Crippen LogP contribution in [0.5, 0.6) is 5.75 Å². The van der Waals surface area contributed by atoms with Crippen LogP contribution in [-0.4, -0.2) is 53.6 Å². The number of benzene rings is 1. The first kappa shape index (κ1) is 17.3. The van der Waals surface area contributed by atoms with Gasteiger partial charge in [0.25, 0.3) is 0 Å². The fourth-order valence-electron chi connectivity index (χ4n) is 3.02. The number of hydrogen-bond acceptors (Lipinski definition) is 4. The van der Waals surface area contributed by atoms with Crippen molar-refractivity contribution in [2.75, 3.05) is 32.2 Å². The molecule has 1 fully saturated rings. The van der Waals surface area contributed by atoms with Gasteiger partial charge in [-0.1, -0.05) is 6.07 Å². The lowest BCUT2D eigenvalue weighted by atomic mass is 10.2. The fourth-order valence-corrected chi connectivity index (χ4v) is 3.02. The molecule has 2 heterocycles. The summed E-state index contributed by atoms with van der Waals surface area (Å²) in [6, 6.07) is 9.40. The van der Waals surface area contributed by atoms with Gasteiger partial charge in [0.15, 0.2) is 0 Å². The Morgan fingerprint density at radius 2 is 2.28 bits per heavy atom. The van der Waals surface area contributed by atoms with Crippen molar-refractivity contribution in [2.45, 2.75) is 25.4 Å². The van der Waals surface area contributed by atoms with E-state index in [9.17, 15) is 4.79 Å². The molecule has 2 amide bonds. The van der Waals surface area contributed by atoms with Crippen LogP contribution >= 0.6 is 0 Å². The summed E-state index contributed by atoms with van der Waals surface area (Å²) < 4.78 is 12.4. The van der Waals surface area contributed by atoms with E-state index in [2.05, 4.69) is 10.4 Å². The van der Waals surface area contributed by atoms with Gasteiger partial charge in [-0.2, -0.15) is 5.10 Å². The van der Waals surface area contributed by atoms with Crippen LogP contribution in [0.4, 0.5) is 10.5 Å². The summed E-state index contributed by atoms with van der Waals surface area (Å²) in [4.78, 5) is 14.5. The van der Waals surface area contributed by atoms with Gasteiger partial charge in [0.05, 0.1) is 19.2 Å². The van der Waals surface area contributed by atoms with Crippen molar-refractivity contribution in [3.05, 3.63) is 42.7 Å². The molecule has 0 unspecified atom stereocenters. The topological polar surface area (TPSA) is 68.6 Å². The van der Waals surface area contributed by atoms with Crippen LogP contribution in [0.1, 0.15) is 12.8 Å². The minimum Gasteiger partial charge on any atom is -0.491 e. The van der Waals surface area contributed by atoms with Gasteiger partial charge in [-0.05, 0) is 31.0 Å². The Morgan fingerprint density at radius 1 is 1.36 bits per heavy atom. The van der Waals surface area contributed by atoms with Crippen molar-refractivity contribution in [3.63, 3.8) is 0 Å². The number of carbonyl (C=O) groups is 1. The fraction of sp³-hybridized carbons (Fsp3) is 0.444. The number of aromatic nitrogens is 2. The summed E-state index contributed by atoms with van der Waals surface area (Å²) in [7, 11) is 1.63. The van der Waals surface area contributed by atoms with Gasteiger partial charge < -0.3 is 19.7 Å². The maximum atomic E-state index is 12.6. The molecule has 134 valence electrons. The molecule has 3 rings (SSSR count). The van der Waals surface area contributed by atoms with Crippen LogP contribution in [0, 0.1) is 0 Å². The van der Waals surface area contributed by atoms with Crippen LogP contribution in [-0.2, 0) is 11.3 Å². The largest absolute Gasteiger partial charge is 0.491 e. The highest BCUT2D eigenvalue weighted by atomic mass is 16.5. The summed E-state index contributed by atoms with van der Waals surface area (Å²) >= 11 is 0. The molecule has 1 aromatic heterocycles. The Kier molecular flexibility index (Phi) is 5.90. The number of anilines is 1. The Labute approximate surface area is 147 Å². The Bertz CT molecular complexity index is 675. The van der Waals surface area contributed by atoms with Crippen molar-refractivity contribution in [1.29, 1.82) is 0 Å². The molecule has 0 bridgehead atoms. The third kappa shape index (κ3) is 4.73. The first-order valence-corrected chi connectivity index (χ1v) is 8.53. The SMILES string of the molecule is COCCOc1cccc(NC(=O)N2CCC[C@@H]2Cn2cccn2)c1. The number of methoxy groups -OCH3 is 1. The lowest BCUT2D eigenvalue weighted by molar-refractivity contribution is 0.146. The minimum atomic E-state index is -0.0799. The maximum Gasteiger partial charge on any atom is 0.322 e. The number of likely N-dealkylation sites (tertiary alicyclic amines) is 1. The average Bonchev–Trinajstić information content (AvgIpc) is 3.28. The van der Waals surface area contributed by atoms with Crippen LogP contribution in [0.15, 0.2) is 42.7 Å². The summed E-state index contributed by atoms with van der Waals surface area (Å²) in [5, 5.41) is 7.21. The smallest absolute Gasteiger partial charge is 0.322 e. The molecule has 7 heteroatoms. The molecule has 2 aromatic rings. The van der Waals surface area contributed by atoms with Crippen molar-refractivity contribution in [1.82, 2.24) is 14.7 Å². The first-order chi connectivity index (χ1) is 12.3. The standard InChI is InChI=1S/C18H24N4O3/c1-24-11-12-25-17-7-2-5-15(13-17)20-18(23)22-10-3-6-16(22)14-21-9-4-8-19-21/h2,4-5,7-9,13,16H,3,6,10-12,14H2,1H3,(H,20,23)/t16-/m1/s1. The van der Waals surface area contributed by atoms with Gasteiger partial charge in [-0.15, -0.1) is 0 Å². The van der Waals surface area contributed by atoms with Crippen molar-refractivity contribution >= 4 is 11.7 Å². The molecule has 0 radical (unpaired) electrons. The van der Waals surface area contributed by atoms with E-state index in [-0.39, 0.29) is 12.1 Å². The second-order valence-corrected chi connectivity index (χ2v) is 6.02. The van der Waals surface area contributed by atoms with E-state index in [1.807, 2.05) is 46.1 Å². The zero-order chi connectivity index (χ0) is 17.5. The highest BCUT2D eigenvalue weighted by Gasteiger charge is 2.29. The summed E-state index contributed by atoms with van der Waals surface area (Å²) in [6.07, 6.45) is 5.69. The monoisotopic (exact) mass is 344 g/mol. The Morgan fingerprint density at radius 3 is 3.08 bits per heavy atom. The molecule has 25 heavy (non-hydrogen) atoms. The molecule has 7 nitrogen and oxygen atoms in total. The Hall–Kier alpha value is -2.54. The number of rotatable bonds is 7. The molecule has 0 aliphatic carbocycles. The van der Waals surface area contributed by atoms with Crippen LogP contribution in [0.25, 0.3) is 0 Å². The number of carbonyl (C=O) groups excluding carboxylic acids is 1. The normalized spacial score (nSPS) is 16.8. The van der Waals surface area contributed by atoms with E-state index in [4.69, 9.17) is 9.47 Å². The van der Waals surface area contributed by atoms with E-state index >= 15 is 0 Å². The summed E-state index contributed by atoms with van der Waals surface area (Å²) in [5.41, 5.74) is 0.727.